The van der Waals surface area contributed by atoms with Crippen LogP contribution in [0.5, 0.6) is 0 Å². The van der Waals surface area contributed by atoms with E-state index < -0.39 is 0 Å². The van der Waals surface area contributed by atoms with Crippen molar-refractivity contribution >= 4 is 76.2 Å². The molecule has 0 atom stereocenters. The molecule has 0 aliphatic heterocycles. The highest BCUT2D eigenvalue weighted by molar-refractivity contribution is 6.27. The predicted molar refractivity (Wildman–Crippen MR) is 235 cm³/mol. The van der Waals surface area contributed by atoms with Crippen molar-refractivity contribution in [3.63, 3.8) is 0 Å². The highest BCUT2D eigenvalue weighted by Gasteiger charge is 2.23. The van der Waals surface area contributed by atoms with Crippen LogP contribution in [0.1, 0.15) is 0 Å². The van der Waals surface area contributed by atoms with Gasteiger partial charge in [-0.25, -0.2) is 0 Å². The molecule has 0 amide bonds. The zero-order chi connectivity index (χ0) is 36.7. The van der Waals surface area contributed by atoms with Crippen LogP contribution in [-0.4, -0.2) is 0 Å². The van der Waals surface area contributed by atoms with E-state index in [2.05, 4.69) is 182 Å². The lowest BCUT2D eigenvalue weighted by Gasteiger charge is -2.19. The van der Waals surface area contributed by atoms with Crippen molar-refractivity contribution in [2.24, 2.45) is 0 Å². The quantitative estimate of drug-likeness (QED) is 0.170. The molecule has 0 spiro atoms. The molecule has 2 aromatic heterocycles. The van der Waals surface area contributed by atoms with Gasteiger partial charge in [-0.1, -0.05) is 158 Å². The van der Waals surface area contributed by atoms with E-state index >= 15 is 0 Å². The molecule has 0 radical (unpaired) electrons. The summed E-state index contributed by atoms with van der Waals surface area (Å²) in [6.45, 7) is 0. The Balaban J connectivity index is 1.11. The Morgan fingerprint density at radius 3 is 1.54 bits per heavy atom. The Morgan fingerprint density at radius 2 is 0.786 bits per heavy atom. The second-order valence-corrected chi connectivity index (χ2v) is 14.7. The Morgan fingerprint density at radius 1 is 0.268 bits per heavy atom. The maximum absolute atomic E-state index is 6.89. The van der Waals surface area contributed by atoms with E-state index in [4.69, 9.17) is 8.83 Å². The van der Waals surface area contributed by atoms with E-state index in [-0.39, 0.29) is 0 Å². The Hall–Kier alpha value is -7.42. The van der Waals surface area contributed by atoms with Crippen LogP contribution >= 0.6 is 0 Å². The molecule has 10 aromatic carbocycles. The van der Waals surface area contributed by atoms with E-state index in [1.807, 2.05) is 12.1 Å². The normalized spacial score (nSPS) is 11.9. The van der Waals surface area contributed by atoms with E-state index in [9.17, 15) is 0 Å². The molecule has 0 fully saturated rings. The molecule has 0 aliphatic carbocycles. The van der Waals surface area contributed by atoms with Gasteiger partial charge in [0.2, 0.25) is 0 Å². The molecule has 2 nitrogen and oxygen atoms in total. The predicted octanol–water partition coefficient (Wildman–Crippen LogP) is 15.6. The third-order valence-corrected chi connectivity index (χ3v) is 11.7. The molecule has 2 heterocycles. The molecule has 0 aliphatic rings. The Bertz CT molecular complexity index is 3480. The molecule has 0 unspecified atom stereocenters. The summed E-state index contributed by atoms with van der Waals surface area (Å²) >= 11 is 0. The molecule has 56 heavy (non-hydrogen) atoms. The molecular formula is C54H32O2. The number of hydrogen-bond acceptors (Lipinski definition) is 2. The first-order chi connectivity index (χ1) is 27.8. The van der Waals surface area contributed by atoms with Gasteiger partial charge in [-0.05, 0) is 108 Å². The Labute approximate surface area is 322 Å². The Kier molecular flexibility index (Phi) is 6.66. The number of fused-ring (bicyclic) bond motifs is 9. The number of para-hydroxylation sites is 2. The second kappa shape index (κ2) is 12.0. The lowest BCUT2D eigenvalue weighted by molar-refractivity contribution is 0.669. The number of benzene rings is 10. The first kappa shape index (κ1) is 31.0. The largest absolute Gasteiger partial charge is 0.456 e. The minimum Gasteiger partial charge on any atom is -0.456 e. The summed E-state index contributed by atoms with van der Waals surface area (Å²) in [4.78, 5) is 0. The van der Waals surface area contributed by atoms with Crippen LogP contribution in [0.25, 0.3) is 121 Å². The highest BCUT2D eigenvalue weighted by atomic mass is 16.3. The van der Waals surface area contributed by atoms with Gasteiger partial charge in [0.15, 0.2) is 0 Å². The zero-order valence-electron chi connectivity index (χ0n) is 30.3. The maximum Gasteiger partial charge on any atom is 0.143 e. The highest BCUT2D eigenvalue weighted by Crippen LogP contribution is 2.49. The molecule has 0 N–H and O–H groups in total. The summed E-state index contributed by atoms with van der Waals surface area (Å²) in [5.41, 5.74) is 12.9. The SMILES string of the molecule is c1cc(-c2ccc3oc4ccccc4c3c2)cc(-c2ccc(-c3c4ccccc4c(-c4cccc5ccccc45)c4ccccc34)c3c2oc2ccccc23)c1. The van der Waals surface area contributed by atoms with Gasteiger partial charge in [0.1, 0.15) is 22.3 Å². The first-order valence-corrected chi connectivity index (χ1v) is 19.2. The van der Waals surface area contributed by atoms with Crippen molar-refractivity contribution in [2.45, 2.75) is 0 Å². The lowest BCUT2D eigenvalue weighted by Crippen LogP contribution is -1.92. The average molecular weight is 713 g/mol. The molecule has 260 valence electrons. The minimum absolute atomic E-state index is 0.880. The van der Waals surface area contributed by atoms with E-state index in [0.717, 1.165) is 66.1 Å². The van der Waals surface area contributed by atoms with Crippen LogP contribution in [-0.2, 0) is 0 Å². The third-order valence-electron chi connectivity index (χ3n) is 11.7. The monoisotopic (exact) mass is 712 g/mol. The summed E-state index contributed by atoms with van der Waals surface area (Å²) < 4.78 is 13.0. The molecule has 12 aromatic rings. The van der Waals surface area contributed by atoms with Gasteiger partial charge in [0, 0.05) is 27.1 Å². The van der Waals surface area contributed by atoms with Crippen LogP contribution in [0.2, 0.25) is 0 Å². The van der Waals surface area contributed by atoms with Crippen molar-refractivity contribution < 1.29 is 8.83 Å². The fourth-order valence-electron chi connectivity index (χ4n) is 9.19. The summed E-state index contributed by atoms with van der Waals surface area (Å²) in [5, 5.41) is 11.9. The van der Waals surface area contributed by atoms with Crippen LogP contribution in [0.15, 0.2) is 203 Å². The number of furan rings is 2. The topological polar surface area (TPSA) is 26.3 Å². The minimum atomic E-state index is 0.880. The second-order valence-electron chi connectivity index (χ2n) is 14.7. The lowest BCUT2D eigenvalue weighted by atomic mass is 9.83. The molecule has 0 saturated carbocycles. The van der Waals surface area contributed by atoms with Crippen molar-refractivity contribution in [3.05, 3.63) is 194 Å². The molecule has 2 heteroatoms. The van der Waals surface area contributed by atoms with Gasteiger partial charge >= 0.3 is 0 Å². The number of hydrogen-bond donors (Lipinski definition) is 0. The standard InChI is InChI=1S/C54H32O2/c1-2-17-37-33(13-1)14-12-24-40(37)51-41-19-3-5-21-43(41)52(44-22-6-4-20-42(44)51)46-29-28-38(54-53(46)45-23-8-10-26-49(45)56-54)36-16-11-15-34(31-36)35-27-30-50-47(32-35)39-18-7-9-25-48(39)55-50/h1-32H. The fraction of sp³-hybridized carbons (Fsp3) is 0. The van der Waals surface area contributed by atoms with Gasteiger partial charge in [-0.3, -0.25) is 0 Å². The van der Waals surface area contributed by atoms with E-state index in [1.165, 1.54) is 54.6 Å². The number of rotatable bonds is 4. The third kappa shape index (κ3) is 4.57. The van der Waals surface area contributed by atoms with Crippen LogP contribution in [0.4, 0.5) is 0 Å². The molecule has 0 bridgehead atoms. The maximum atomic E-state index is 6.89. The molecule has 12 rings (SSSR count). The van der Waals surface area contributed by atoms with Crippen molar-refractivity contribution in [2.75, 3.05) is 0 Å². The fourth-order valence-corrected chi connectivity index (χ4v) is 9.19. The average Bonchev–Trinajstić information content (AvgIpc) is 3.84. The summed E-state index contributed by atoms with van der Waals surface area (Å²) in [6.07, 6.45) is 0. The zero-order valence-corrected chi connectivity index (χ0v) is 30.3. The van der Waals surface area contributed by atoms with Gasteiger partial charge in [-0.2, -0.15) is 0 Å². The van der Waals surface area contributed by atoms with Crippen molar-refractivity contribution in [1.82, 2.24) is 0 Å². The van der Waals surface area contributed by atoms with Crippen molar-refractivity contribution in [1.29, 1.82) is 0 Å². The van der Waals surface area contributed by atoms with Gasteiger partial charge in [-0.15, -0.1) is 0 Å². The molecular weight excluding hydrogens is 681 g/mol. The van der Waals surface area contributed by atoms with Crippen LogP contribution in [0, 0.1) is 0 Å². The van der Waals surface area contributed by atoms with Crippen LogP contribution < -0.4 is 0 Å². The van der Waals surface area contributed by atoms with E-state index in [1.54, 1.807) is 0 Å². The van der Waals surface area contributed by atoms with Gasteiger partial charge < -0.3 is 8.83 Å². The summed E-state index contributed by atoms with van der Waals surface area (Å²) in [6, 6.07) is 69.8. The molecule has 0 saturated heterocycles. The van der Waals surface area contributed by atoms with Gasteiger partial charge in [0.05, 0.1) is 0 Å². The van der Waals surface area contributed by atoms with E-state index in [0.29, 0.717) is 0 Å². The van der Waals surface area contributed by atoms with Crippen LogP contribution in [0.3, 0.4) is 0 Å². The van der Waals surface area contributed by atoms with Crippen molar-refractivity contribution in [3.8, 4) is 44.5 Å². The van der Waals surface area contributed by atoms with Gasteiger partial charge in [0.25, 0.3) is 0 Å². The first-order valence-electron chi connectivity index (χ1n) is 19.2. The summed E-state index contributed by atoms with van der Waals surface area (Å²) in [5.74, 6) is 0. The summed E-state index contributed by atoms with van der Waals surface area (Å²) in [7, 11) is 0. The smallest absolute Gasteiger partial charge is 0.143 e.